The minimum absolute atomic E-state index is 0.0631. The summed E-state index contributed by atoms with van der Waals surface area (Å²) in [7, 11) is 0. The quantitative estimate of drug-likeness (QED) is 0.485. The SMILES string of the molecule is C[C@H](OC(=O)c1cccc[n+]1[O-])C(=O)NC(=O)NC1CCCCC1. The molecule has 1 fully saturated rings. The zero-order chi connectivity index (χ0) is 17.5. The molecular formula is C16H21N3O5. The monoisotopic (exact) mass is 335 g/mol. The van der Waals surface area contributed by atoms with Crippen LogP contribution in [0.5, 0.6) is 0 Å². The van der Waals surface area contributed by atoms with Crippen molar-refractivity contribution in [3.63, 3.8) is 0 Å². The number of aromatic nitrogens is 1. The van der Waals surface area contributed by atoms with Crippen molar-refractivity contribution in [2.45, 2.75) is 51.2 Å². The van der Waals surface area contributed by atoms with E-state index in [1.165, 1.54) is 25.1 Å². The molecule has 0 aliphatic heterocycles. The average Bonchev–Trinajstić information content (AvgIpc) is 2.55. The van der Waals surface area contributed by atoms with E-state index in [0.29, 0.717) is 4.73 Å². The Hall–Kier alpha value is -2.64. The van der Waals surface area contributed by atoms with Gasteiger partial charge in [-0.15, -0.1) is 0 Å². The number of hydrogen-bond donors (Lipinski definition) is 2. The normalized spacial score (nSPS) is 16.0. The summed E-state index contributed by atoms with van der Waals surface area (Å²) in [5.74, 6) is -1.68. The number of nitrogens with one attached hydrogen (secondary N) is 2. The molecule has 1 atom stereocenters. The molecule has 0 aromatic carbocycles. The second-order valence-corrected chi connectivity index (χ2v) is 5.76. The van der Waals surface area contributed by atoms with Crippen LogP contribution in [-0.4, -0.2) is 30.1 Å². The van der Waals surface area contributed by atoms with E-state index < -0.39 is 24.0 Å². The van der Waals surface area contributed by atoms with E-state index >= 15 is 0 Å². The lowest BCUT2D eigenvalue weighted by Crippen LogP contribution is -2.48. The minimum Gasteiger partial charge on any atom is -0.618 e. The number of esters is 1. The molecule has 130 valence electrons. The van der Waals surface area contributed by atoms with Crippen molar-refractivity contribution >= 4 is 17.9 Å². The number of carbonyl (C=O) groups excluding carboxylic acids is 3. The number of pyridine rings is 1. The second-order valence-electron chi connectivity index (χ2n) is 5.76. The van der Waals surface area contributed by atoms with Crippen molar-refractivity contribution in [1.29, 1.82) is 0 Å². The maximum Gasteiger partial charge on any atom is 0.405 e. The third-order valence-electron chi connectivity index (χ3n) is 3.86. The number of nitrogens with zero attached hydrogens (tertiary/aromatic N) is 1. The van der Waals surface area contributed by atoms with Crippen LogP contribution in [0.25, 0.3) is 0 Å². The van der Waals surface area contributed by atoms with Gasteiger partial charge in [-0.3, -0.25) is 10.1 Å². The lowest BCUT2D eigenvalue weighted by atomic mass is 9.96. The van der Waals surface area contributed by atoms with Crippen molar-refractivity contribution in [3.05, 3.63) is 35.3 Å². The van der Waals surface area contributed by atoms with Crippen LogP contribution in [-0.2, 0) is 9.53 Å². The molecule has 0 unspecified atom stereocenters. The predicted octanol–water partition coefficient (Wildman–Crippen LogP) is 1.02. The number of amides is 3. The molecule has 24 heavy (non-hydrogen) atoms. The van der Waals surface area contributed by atoms with Crippen LogP contribution in [0, 0.1) is 5.21 Å². The molecule has 0 bridgehead atoms. The largest absolute Gasteiger partial charge is 0.618 e. The summed E-state index contributed by atoms with van der Waals surface area (Å²) in [6, 6.07) is 3.72. The Labute approximate surface area is 139 Å². The van der Waals surface area contributed by atoms with Gasteiger partial charge in [0.15, 0.2) is 12.3 Å². The molecule has 8 nitrogen and oxygen atoms in total. The number of ether oxygens (including phenoxy) is 1. The summed E-state index contributed by atoms with van der Waals surface area (Å²) in [4.78, 5) is 35.6. The first-order valence-electron chi connectivity index (χ1n) is 7.98. The second kappa shape index (κ2) is 8.28. The lowest BCUT2D eigenvalue weighted by Gasteiger charge is -2.23. The maximum absolute atomic E-state index is 11.9. The van der Waals surface area contributed by atoms with Crippen molar-refractivity contribution < 1.29 is 23.9 Å². The highest BCUT2D eigenvalue weighted by Gasteiger charge is 2.25. The molecule has 8 heteroatoms. The van der Waals surface area contributed by atoms with Crippen LogP contribution in [0.3, 0.4) is 0 Å². The fraction of sp³-hybridized carbons (Fsp3) is 0.500. The van der Waals surface area contributed by atoms with Crippen LogP contribution in [0.4, 0.5) is 4.79 Å². The van der Waals surface area contributed by atoms with Gasteiger partial charge in [-0.05, 0) is 25.8 Å². The molecule has 0 spiro atoms. The van der Waals surface area contributed by atoms with Crippen molar-refractivity contribution in [3.8, 4) is 0 Å². The summed E-state index contributed by atoms with van der Waals surface area (Å²) in [6.45, 7) is 1.33. The molecule has 1 aromatic rings. The van der Waals surface area contributed by atoms with Crippen molar-refractivity contribution in [1.82, 2.24) is 10.6 Å². The zero-order valence-electron chi connectivity index (χ0n) is 13.5. The number of hydrogen-bond acceptors (Lipinski definition) is 5. The third-order valence-corrected chi connectivity index (χ3v) is 3.86. The summed E-state index contributed by atoms with van der Waals surface area (Å²) in [5.41, 5.74) is -0.233. The van der Waals surface area contributed by atoms with Gasteiger partial charge < -0.3 is 15.3 Å². The smallest absolute Gasteiger partial charge is 0.405 e. The lowest BCUT2D eigenvalue weighted by molar-refractivity contribution is -0.608. The average molecular weight is 335 g/mol. The first-order valence-corrected chi connectivity index (χ1v) is 7.98. The fourth-order valence-corrected chi connectivity index (χ4v) is 2.54. The maximum atomic E-state index is 11.9. The molecule has 0 saturated heterocycles. The third kappa shape index (κ3) is 4.94. The fourth-order valence-electron chi connectivity index (χ4n) is 2.54. The van der Waals surface area contributed by atoms with Crippen molar-refractivity contribution in [2.24, 2.45) is 0 Å². The first-order chi connectivity index (χ1) is 11.5. The Morgan fingerprint density at radius 3 is 2.62 bits per heavy atom. The van der Waals surface area contributed by atoms with Crippen LogP contribution in [0.1, 0.15) is 49.5 Å². The number of carbonyl (C=O) groups is 3. The van der Waals surface area contributed by atoms with Gasteiger partial charge in [0.05, 0.1) is 0 Å². The van der Waals surface area contributed by atoms with E-state index in [1.54, 1.807) is 0 Å². The number of urea groups is 1. The van der Waals surface area contributed by atoms with Gasteiger partial charge in [-0.1, -0.05) is 19.3 Å². The topological polar surface area (TPSA) is 111 Å². The highest BCUT2D eigenvalue weighted by atomic mass is 16.6. The summed E-state index contributed by atoms with van der Waals surface area (Å²) in [5, 5.41) is 16.3. The number of imide groups is 1. The highest BCUT2D eigenvalue weighted by Crippen LogP contribution is 2.17. The Balaban J connectivity index is 1.82. The Bertz CT molecular complexity index is 613. The van der Waals surface area contributed by atoms with Gasteiger partial charge in [-0.2, -0.15) is 4.73 Å². The molecule has 2 N–H and O–H groups in total. The van der Waals surface area contributed by atoms with Gasteiger partial charge in [0.2, 0.25) is 0 Å². The summed E-state index contributed by atoms with van der Waals surface area (Å²) >= 11 is 0. The van der Waals surface area contributed by atoms with E-state index in [0.717, 1.165) is 38.3 Å². The van der Waals surface area contributed by atoms with Gasteiger partial charge in [0.1, 0.15) is 0 Å². The van der Waals surface area contributed by atoms with E-state index in [1.807, 2.05) is 0 Å². The van der Waals surface area contributed by atoms with E-state index in [9.17, 15) is 19.6 Å². The summed E-state index contributed by atoms with van der Waals surface area (Å²) in [6.07, 6.45) is 5.00. The van der Waals surface area contributed by atoms with Gasteiger partial charge in [0, 0.05) is 18.2 Å². The Morgan fingerprint density at radius 2 is 1.96 bits per heavy atom. The van der Waals surface area contributed by atoms with E-state index in [2.05, 4.69) is 10.6 Å². The van der Waals surface area contributed by atoms with Crippen LogP contribution >= 0.6 is 0 Å². The molecular weight excluding hydrogens is 314 g/mol. The van der Waals surface area contributed by atoms with Gasteiger partial charge in [0.25, 0.3) is 5.91 Å². The molecule has 1 aliphatic rings. The van der Waals surface area contributed by atoms with Gasteiger partial charge >= 0.3 is 17.7 Å². The molecule has 3 amide bonds. The molecule has 1 aromatic heterocycles. The Kier molecular flexibility index (Phi) is 6.11. The van der Waals surface area contributed by atoms with Crippen LogP contribution in [0.2, 0.25) is 0 Å². The Morgan fingerprint density at radius 1 is 1.25 bits per heavy atom. The van der Waals surface area contributed by atoms with Crippen molar-refractivity contribution in [2.75, 3.05) is 0 Å². The van der Waals surface area contributed by atoms with E-state index in [-0.39, 0.29) is 11.7 Å². The summed E-state index contributed by atoms with van der Waals surface area (Å²) < 4.78 is 5.27. The zero-order valence-corrected chi connectivity index (χ0v) is 13.5. The molecule has 0 radical (unpaired) electrons. The predicted molar refractivity (Wildman–Crippen MR) is 83.8 cm³/mol. The molecule has 2 rings (SSSR count). The first kappa shape index (κ1) is 17.7. The van der Waals surface area contributed by atoms with Crippen LogP contribution < -0.4 is 15.4 Å². The molecule has 1 heterocycles. The standard InChI is InChI=1S/C16H21N3O5/c1-11(24-15(21)13-9-5-6-10-19(13)23)14(20)18-16(22)17-12-7-3-2-4-8-12/h5-6,9-12H,2-4,7-8H2,1H3,(H2,17,18,20,22)/t11-/m0/s1. The van der Waals surface area contributed by atoms with Crippen LogP contribution in [0.15, 0.2) is 24.4 Å². The highest BCUT2D eigenvalue weighted by molar-refractivity contribution is 5.98. The molecule has 1 aliphatic carbocycles. The minimum atomic E-state index is -1.20. The van der Waals surface area contributed by atoms with Gasteiger partial charge in [-0.25, -0.2) is 9.59 Å². The number of rotatable bonds is 4. The molecule has 1 saturated carbocycles. The van der Waals surface area contributed by atoms with E-state index in [4.69, 9.17) is 4.74 Å².